The van der Waals surface area contributed by atoms with Gasteiger partial charge in [-0.15, -0.1) is 0 Å². The van der Waals surface area contributed by atoms with Gasteiger partial charge in [-0.3, -0.25) is 4.90 Å². The van der Waals surface area contributed by atoms with Crippen molar-refractivity contribution in [2.45, 2.75) is 45.1 Å². The van der Waals surface area contributed by atoms with Gasteiger partial charge in [0.2, 0.25) is 0 Å². The quantitative estimate of drug-likeness (QED) is 0.477. The van der Waals surface area contributed by atoms with Gasteiger partial charge in [-0.1, -0.05) is 13.3 Å². The number of pyridine rings is 1. The van der Waals surface area contributed by atoms with Gasteiger partial charge in [0.15, 0.2) is 0 Å². The molecule has 1 aliphatic rings. The average Bonchev–Trinajstić information content (AvgIpc) is 3.21. The lowest BCUT2D eigenvalue weighted by atomic mass is 9.89. The molecular weight excluding hydrogens is 418 g/mol. The normalized spacial score (nSPS) is 15.1. The number of carboxylic acids is 1. The summed E-state index contributed by atoms with van der Waals surface area (Å²) in [6.45, 7) is 6.44. The molecule has 33 heavy (non-hydrogen) atoms. The molecule has 3 aromatic rings. The molecule has 1 fully saturated rings. The van der Waals surface area contributed by atoms with Crippen molar-refractivity contribution in [1.82, 2.24) is 14.5 Å². The average molecular weight is 452 g/mol. The van der Waals surface area contributed by atoms with Crippen LogP contribution < -0.4 is 9.47 Å². The molecular formula is C26H33N3O4. The van der Waals surface area contributed by atoms with Crippen LogP contribution >= 0.6 is 0 Å². The third-order valence-electron chi connectivity index (χ3n) is 6.53. The number of aryl methyl sites for hydroxylation is 1. The Morgan fingerprint density at radius 2 is 2.03 bits per heavy atom. The van der Waals surface area contributed by atoms with Crippen molar-refractivity contribution >= 4 is 17.0 Å². The highest BCUT2D eigenvalue weighted by molar-refractivity contribution is 5.91. The number of methoxy groups -OCH3 is 1. The maximum atomic E-state index is 11.5. The lowest BCUT2D eigenvalue weighted by molar-refractivity contribution is 0.0691. The largest absolute Gasteiger partial charge is 0.497 e. The number of rotatable bonds is 10. The SMILES string of the molecule is CCCCn1cc(C2CCN(CCOc3cc(OC)ccc3C(=O)O)CC2)c2cccnc21. The Balaban J connectivity index is 1.34. The summed E-state index contributed by atoms with van der Waals surface area (Å²) in [6.07, 6.45) is 8.74. The first-order valence-corrected chi connectivity index (χ1v) is 11.8. The van der Waals surface area contributed by atoms with Gasteiger partial charge in [-0.05, 0) is 68.1 Å². The second kappa shape index (κ2) is 10.7. The number of aromatic carboxylic acids is 1. The van der Waals surface area contributed by atoms with Crippen LogP contribution in [0.2, 0.25) is 0 Å². The van der Waals surface area contributed by atoms with E-state index in [2.05, 4.69) is 33.6 Å². The molecule has 1 saturated heterocycles. The van der Waals surface area contributed by atoms with Crippen molar-refractivity contribution in [3.63, 3.8) is 0 Å². The van der Waals surface area contributed by atoms with Crippen LogP contribution in [-0.4, -0.2) is 58.9 Å². The van der Waals surface area contributed by atoms with E-state index in [9.17, 15) is 9.90 Å². The number of carboxylic acid groups (broad SMARTS) is 1. The van der Waals surface area contributed by atoms with Crippen LogP contribution in [0, 0.1) is 0 Å². The van der Waals surface area contributed by atoms with E-state index in [4.69, 9.17) is 9.47 Å². The summed E-state index contributed by atoms with van der Waals surface area (Å²) in [7, 11) is 1.56. The van der Waals surface area contributed by atoms with E-state index in [0.29, 0.717) is 24.0 Å². The van der Waals surface area contributed by atoms with Crippen LogP contribution in [0.25, 0.3) is 11.0 Å². The molecule has 7 heteroatoms. The van der Waals surface area contributed by atoms with Gasteiger partial charge in [-0.2, -0.15) is 0 Å². The van der Waals surface area contributed by atoms with Gasteiger partial charge in [-0.25, -0.2) is 9.78 Å². The standard InChI is InChI=1S/C26H33N3O4/c1-3-4-12-29-18-23(21-6-5-11-27-25(21)29)19-9-13-28(14-10-19)15-16-33-24-17-20(32-2)7-8-22(24)26(30)31/h5-8,11,17-19H,3-4,9-10,12-16H2,1-2H3,(H,30,31). The molecule has 0 atom stereocenters. The summed E-state index contributed by atoms with van der Waals surface area (Å²) in [5, 5.41) is 10.7. The van der Waals surface area contributed by atoms with E-state index in [1.165, 1.54) is 23.4 Å². The Morgan fingerprint density at radius 3 is 2.76 bits per heavy atom. The number of benzene rings is 1. The number of unbranched alkanes of at least 4 members (excludes halogenated alkanes) is 1. The number of likely N-dealkylation sites (tertiary alicyclic amines) is 1. The van der Waals surface area contributed by atoms with E-state index < -0.39 is 5.97 Å². The molecule has 0 aliphatic carbocycles. The Kier molecular flexibility index (Phi) is 7.50. The molecule has 1 N–H and O–H groups in total. The van der Waals surface area contributed by atoms with Crippen LogP contribution in [0.3, 0.4) is 0 Å². The van der Waals surface area contributed by atoms with Gasteiger partial charge >= 0.3 is 5.97 Å². The van der Waals surface area contributed by atoms with Crippen molar-refractivity contribution in [3.8, 4) is 11.5 Å². The fourth-order valence-electron chi connectivity index (χ4n) is 4.65. The van der Waals surface area contributed by atoms with Crippen LogP contribution in [-0.2, 0) is 6.54 Å². The van der Waals surface area contributed by atoms with Crippen LogP contribution in [0.4, 0.5) is 0 Å². The first-order chi connectivity index (χ1) is 16.1. The molecule has 2 aromatic heterocycles. The maximum absolute atomic E-state index is 11.5. The van der Waals surface area contributed by atoms with E-state index in [1.807, 2.05) is 12.3 Å². The van der Waals surface area contributed by atoms with E-state index in [-0.39, 0.29) is 5.56 Å². The molecule has 0 radical (unpaired) electrons. The third kappa shape index (κ3) is 5.30. The van der Waals surface area contributed by atoms with E-state index >= 15 is 0 Å². The number of piperidine rings is 1. The third-order valence-corrected chi connectivity index (χ3v) is 6.53. The predicted molar refractivity (Wildman–Crippen MR) is 129 cm³/mol. The zero-order chi connectivity index (χ0) is 23.2. The number of carbonyl (C=O) groups is 1. The molecule has 0 bridgehead atoms. The maximum Gasteiger partial charge on any atom is 0.339 e. The van der Waals surface area contributed by atoms with Gasteiger partial charge in [0.25, 0.3) is 0 Å². The molecule has 0 saturated carbocycles. The second-order valence-corrected chi connectivity index (χ2v) is 8.64. The van der Waals surface area contributed by atoms with E-state index in [1.54, 1.807) is 19.2 Å². The highest BCUT2D eigenvalue weighted by atomic mass is 16.5. The summed E-state index contributed by atoms with van der Waals surface area (Å²) >= 11 is 0. The minimum absolute atomic E-state index is 0.155. The van der Waals surface area contributed by atoms with Crippen LogP contribution in [0.15, 0.2) is 42.7 Å². The van der Waals surface area contributed by atoms with Crippen molar-refractivity contribution in [1.29, 1.82) is 0 Å². The molecule has 0 amide bonds. The summed E-state index contributed by atoms with van der Waals surface area (Å²) in [6, 6.07) is 9.03. The molecule has 176 valence electrons. The van der Waals surface area contributed by atoms with Gasteiger partial charge in [0.1, 0.15) is 29.3 Å². The van der Waals surface area contributed by atoms with Crippen molar-refractivity contribution in [2.24, 2.45) is 0 Å². The number of fused-ring (bicyclic) bond motifs is 1. The topological polar surface area (TPSA) is 76.8 Å². The molecule has 0 unspecified atom stereocenters. The summed E-state index contributed by atoms with van der Waals surface area (Å²) in [5.41, 5.74) is 2.68. The summed E-state index contributed by atoms with van der Waals surface area (Å²) in [4.78, 5) is 18.5. The molecule has 4 rings (SSSR count). The number of hydrogen-bond acceptors (Lipinski definition) is 5. The number of aromatic nitrogens is 2. The highest BCUT2D eigenvalue weighted by Gasteiger charge is 2.24. The Bertz CT molecular complexity index is 1090. The van der Waals surface area contributed by atoms with Crippen LogP contribution in [0.1, 0.15) is 54.4 Å². The fraction of sp³-hybridized carbons (Fsp3) is 0.462. The first-order valence-electron chi connectivity index (χ1n) is 11.8. The Labute approximate surface area is 194 Å². The van der Waals surface area contributed by atoms with Gasteiger partial charge in [0, 0.05) is 36.9 Å². The van der Waals surface area contributed by atoms with Gasteiger partial charge < -0.3 is 19.1 Å². The highest BCUT2D eigenvalue weighted by Crippen LogP contribution is 2.34. The summed E-state index contributed by atoms with van der Waals surface area (Å²) < 4.78 is 13.4. The zero-order valence-corrected chi connectivity index (χ0v) is 19.5. The smallest absolute Gasteiger partial charge is 0.339 e. The Hall–Kier alpha value is -3.06. The predicted octanol–water partition coefficient (Wildman–Crippen LogP) is 4.80. The molecule has 1 aromatic carbocycles. The molecule has 1 aliphatic heterocycles. The Morgan fingerprint density at radius 1 is 1.21 bits per heavy atom. The second-order valence-electron chi connectivity index (χ2n) is 8.64. The zero-order valence-electron chi connectivity index (χ0n) is 19.5. The number of ether oxygens (including phenoxy) is 2. The summed E-state index contributed by atoms with van der Waals surface area (Å²) in [5.74, 6) is 0.474. The minimum atomic E-state index is -0.999. The van der Waals surface area contributed by atoms with E-state index in [0.717, 1.165) is 51.1 Å². The lowest BCUT2D eigenvalue weighted by Gasteiger charge is -2.31. The number of nitrogens with zero attached hydrogens (tertiary/aromatic N) is 3. The lowest BCUT2D eigenvalue weighted by Crippen LogP contribution is -2.35. The van der Waals surface area contributed by atoms with Crippen molar-refractivity contribution in [3.05, 3.63) is 53.9 Å². The van der Waals surface area contributed by atoms with Crippen molar-refractivity contribution < 1.29 is 19.4 Å². The molecule has 7 nitrogen and oxygen atoms in total. The van der Waals surface area contributed by atoms with Crippen LogP contribution in [0.5, 0.6) is 11.5 Å². The van der Waals surface area contributed by atoms with Gasteiger partial charge in [0.05, 0.1) is 7.11 Å². The fourth-order valence-corrected chi connectivity index (χ4v) is 4.65. The van der Waals surface area contributed by atoms with Crippen molar-refractivity contribution in [2.75, 3.05) is 33.4 Å². The molecule has 0 spiro atoms. The first kappa shape index (κ1) is 23.1. The minimum Gasteiger partial charge on any atom is -0.497 e. The number of hydrogen-bond donors (Lipinski definition) is 1. The molecule has 3 heterocycles. The monoisotopic (exact) mass is 451 g/mol.